The molecule has 0 heterocycles. The van der Waals surface area contributed by atoms with Gasteiger partial charge in [0.05, 0.1) is 0 Å². The third-order valence-electron chi connectivity index (χ3n) is 4.32. The molecule has 1 nitrogen and oxygen atoms in total. The van der Waals surface area contributed by atoms with Gasteiger partial charge in [0.2, 0.25) is 0 Å². The maximum Gasteiger partial charge on any atom is 0.133 e. The number of hydrogen-bond acceptors (Lipinski definition) is 1. The minimum absolute atomic E-state index is 0.119. The molecular formula is C15H15ClO. The number of carbonyl (C=O) groups excluding carboxylic acids is 1. The summed E-state index contributed by atoms with van der Waals surface area (Å²) >= 11 is 6.04. The van der Waals surface area contributed by atoms with Gasteiger partial charge in [0.15, 0.2) is 0 Å². The van der Waals surface area contributed by atoms with E-state index < -0.39 is 0 Å². The number of halogens is 1. The van der Waals surface area contributed by atoms with E-state index >= 15 is 0 Å². The highest BCUT2D eigenvalue weighted by molar-refractivity contribution is 6.30. The number of ketones is 1. The summed E-state index contributed by atoms with van der Waals surface area (Å²) in [5.74, 6) is 0.408. The molecule has 1 aromatic rings. The van der Waals surface area contributed by atoms with Crippen molar-refractivity contribution in [2.45, 2.75) is 38.0 Å². The van der Waals surface area contributed by atoms with Gasteiger partial charge in [-0.1, -0.05) is 29.3 Å². The highest BCUT2D eigenvalue weighted by atomic mass is 35.5. The topological polar surface area (TPSA) is 17.1 Å². The third kappa shape index (κ3) is 1.56. The normalized spacial score (nSPS) is 21.5. The molecule has 0 amide bonds. The lowest BCUT2D eigenvalue weighted by atomic mass is 9.67. The zero-order valence-corrected chi connectivity index (χ0v) is 10.7. The number of allylic oxidation sites excluding steroid dienone is 1. The van der Waals surface area contributed by atoms with Gasteiger partial charge in [-0.3, -0.25) is 4.79 Å². The van der Waals surface area contributed by atoms with Crippen LogP contribution in [0.25, 0.3) is 6.08 Å². The molecule has 2 heteroatoms. The Labute approximate surface area is 106 Å². The first kappa shape index (κ1) is 11.0. The van der Waals surface area contributed by atoms with Crippen LogP contribution >= 0.6 is 11.6 Å². The lowest BCUT2D eigenvalue weighted by Crippen LogP contribution is -2.31. The van der Waals surface area contributed by atoms with E-state index in [4.69, 9.17) is 11.6 Å². The maximum absolute atomic E-state index is 11.4. The monoisotopic (exact) mass is 246 g/mol. The number of benzene rings is 1. The van der Waals surface area contributed by atoms with Gasteiger partial charge in [0.1, 0.15) is 5.78 Å². The van der Waals surface area contributed by atoms with Crippen LogP contribution < -0.4 is 0 Å². The largest absolute Gasteiger partial charge is 0.300 e. The quantitative estimate of drug-likeness (QED) is 0.673. The van der Waals surface area contributed by atoms with Crippen LogP contribution in [0.5, 0.6) is 0 Å². The fourth-order valence-corrected chi connectivity index (χ4v) is 3.47. The Hall–Kier alpha value is -1.08. The van der Waals surface area contributed by atoms with Crippen LogP contribution in [-0.4, -0.2) is 5.78 Å². The standard InChI is InChI=1S/C15H15ClO/c1-10-8-11-9-12(16)2-3-14(11)15(10)6-4-13(17)5-7-15/h2-3,8-9H,4-7H2,1H3. The van der Waals surface area contributed by atoms with Crippen LogP contribution in [0, 0.1) is 0 Å². The summed E-state index contributed by atoms with van der Waals surface area (Å²) in [7, 11) is 0. The van der Waals surface area contributed by atoms with Crippen LogP contribution in [0.2, 0.25) is 5.02 Å². The molecule has 17 heavy (non-hydrogen) atoms. The van der Waals surface area contributed by atoms with Gasteiger partial charge in [0.25, 0.3) is 0 Å². The molecule has 1 aromatic carbocycles. The Morgan fingerprint density at radius 3 is 2.65 bits per heavy atom. The number of hydrogen-bond donors (Lipinski definition) is 0. The molecule has 1 saturated carbocycles. The minimum Gasteiger partial charge on any atom is -0.300 e. The summed E-state index contributed by atoms with van der Waals surface area (Å²) in [6.07, 6.45) is 5.59. The van der Waals surface area contributed by atoms with Crippen molar-refractivity contribution in [3.63, 3.8) is 0 Å². The average Bonchev–Trinajstić information content (AvgIpc) is 2.55. The lowest BCUT2D eigenvalue weighted by Gasteiger charge is -2.36. The fourth-order valence-electron chi connectivity index (χ4n) is 3.29. The van der Waals surface area contributed by atoms with Crippen LogP contribution in [0.3, 0.4) is 0 Å². The van der Waals surface area contributed by atoms with Gasteiger partial charge in [-0.05, 0) is 43.0 Å². The van der Waals surface area contributed by atoms with E-state index in [1.165, 1.54) is 16.7 Å². The molecule has 1 spiro atoms. The van der Waals surface area contributed by atoms with E-state index in [0.29, 0.717) is 18.6 Å². The molecule has 1 fully saturated rings. The molecule has 0 radical (unpaired) electrons. The second kappa shape index (κ2) is 3.71. The molecule has 0 atom stereocenters. The summed E-state index contributed by atoms with van der Waals surface area (Å²) < 4.78 is 0. The van der Waals surface area contributed by atoms with Gasteiger partial charge in [-0.2, -0.15) is 0 Å². The molecule has 2 aliphatic rings. The summed E-state index contributed by atoms with van der Waals surface area (Å²) in [6.45, 7) is 2.18. The highest BCUT2D eigenvalue weighted by Gasteiger charge is 2.41. The van der Waals surface area contributed by atoms with Crippen LogP contribution in [-0.2, 0) is 10.2 Å². The minimum atomic E-state index is 0.119. The van der Waals surface area contributed by atoms with Crippen LogP contribution in [0.1, 0.15) is 43.7 Å². The zero-order valence-electron chi connectivity index (χ0n) is 9.92. The van der Waals surface area contributed by atoms with Crippen LogP contribution in [0.15, 0.2) is 23.8 Å². The van der Waals surface area contributed by atoms with E-state index in [2.05, 4.69) is 19.1 Å². The molecule has 0 unspecified atom stereocenters. The first-order valence-corrected chi connectivity index (χ1v) is 6.50. The zero-order chi connectivity index (χ0) is 12.0. The van der Waals surface area contributed by atoms with Gasteiger partial charge in [-0.25, -0.2) is 0 Å². The Balaban J connectivity index is 2.09. The maximum atomic E-state index is 11.4. The SMILES string of the molecule is CC1=Cc2cc(Cl)ccc2C12CCC(=O)CC2. The highest BCUT2D eigenvalue weighted by Crippen LogP contribution is 2.50. The first-order valence-electron chi connectivity index (χ1n) is 6.12. The second-order valence-corrected chi connectivity index (χ2v) is 5.62. The van der Waals surface area contributed by atoms with Crippen molar-refractivity contribution in [3.05, 3.63) is 39.9 Å². The lowest BCUT2D eigenvalue weighted by molar-refractivity contribution is -0.121. The summed E-state index contributed by atoms with van der Waals surface area (Å²) in [5, 5.41) is 0.789. The van der Waals surface area contributed by atoms with Crippen LogP contribution in [0.4, 0.5) is 0 Å². The molecule has 0 aromatic heterocycles. The Morgan fingerprint density at radius 1 is 1.24 bits per heavy atom. The van der Waals surface area contributed by atoms with Crippen molar-refractivity contribution in [1.82, 2.24) is 0 Å². The Kier molecular flexibility index (Phi) is 2.41. The van der Waals surface area contributed by atoms with Crippen molar-refractivity contribution in [1.29, 1.82) is 0 Å². The number of Topliss-reactive ketones (excluding diaryl/α,β-unsaturated/α-hetero) is 1. The molecule has 0 aliphatic heterocycles. The second-order valence-electron chi connectivity index (χ2n) is 5.18. The number of rotatable bonds is 0. The molecule has 3 rings (SSSR count). The van der Waals surface area contributed by atoms with Crippen molar-refractivity contribution in [2.24, 2.45) is 0 Å². The molecular weight excluding hydrogens is 232 g/mol. The smallest absolute Gasteiger partial charge is 0.133 e. The first-order chi connectivity index (χ1) is 8.12. The third-order valence-corrected chi connectivity index (χ3v) is 4.55. The summed E-state index contributed by atoms with van der Waals surface area (Å²) in [5.41, 5.74) is 4.12. The van der Waals surface area contributed by atoms with E-state index in [-0.39, 0.29) is 5.41 Å². The Morgan fingerprint density at radius 2 is 1.94 bits per heavy atom. The predicted molar refractivity (Wildman–Crippen MR) is 70.3 cm³/mol. The van der Waals surface area contributed by atoms with Gasteiger partial charge in [0, 0.05) is 23.3 Å². The van der Waals surface area contributed by atoms with E-state index in [1.807, 2.05) is 12.1 Å². The molecule has 0 bridgehead atoms. The molecule has 0 saturated heterocycles. The van der Waals surface area contributed by atoms with E-state index in [9.17, 15) is 4.79 Å². The molecule has 0 N–H and O–H groups in total. The van der Waals surface area contributed by atoms with E-state index in [1.54, 1.807) is 0 Å². The van der Waals surface area contributed by atoms with E-state index in [0.717, 1.165) is 17.9 Å². The van der Waals surface area contributed by atoms with Crippen molar-refractivity contribution >= 4 is 23.5 Å². The van der Waals surface area contributed by atoms with Crippen molar-refractivity contribution < 1.29 is 4.79 Å². The molecule has 88 valence electrons. The summed E-state index contributed by atoms with van der Waals surface area (Å²) in [6, 6.07) is 6.14. The van der Waals surface area contributed by atoms with Crippen molar-refractivity contribution in [2.75, 3.05) is 0 Å². The fraction of sp³-hybridized carbons (Fsp3) is 0.400. The van der Waals surface area contributed by atoms with Gasteiger partial charge in [-0.15, -0.1) is 0 Å². The van der Waals surface area contributed by atoms with Gasteiger partial charge >= 0.3 is 0 Å². The molecule has 2 aliphatic carbocycles. The van der Waals surface area contributed by atoms with Gasteiger partial charge < -0.3 is 0 Å². The Bertz CT molecular complexity index is 518. The number of carbonyl (C=O) groups is 1. The average molecular weight is 247 g/mol. The van der Waals surface area contributed by atoms with Crippen molar-refractivity contribution in [3.8, 4) is 0 Å². The number of fused-ring (bicyclic) bond motifs is 2. The predicted octanol–water partition coefficient (Wildman–Crippen LogP) is 4.14. The summed E-state index contributed by atoms with van der Waals surface area (Å²) in [4.78, 5) is 11.4.